The Morgan fingerprint density at radius 3 is 2.38 bits per heavy atom. The van der Waals surface area contributed by atoms with Gasteiger partial charge in [0.05, 0.1) is 19.9 Å². The number of halogens is 2. The standard InChI is InChI=1S/C14H20F2N2O5S/c1-17(13(19)9-18(2)24(4,20)21)8-10-5-6-11(22-3)12(7-10)23-14(15)16/h5-7,14H,8-9H2,1-4H3. The summed E-state index contributed by atoms with van der Waals surface area (Å²) in [7, 11) is 0.633. The van der Waals surface area contributed by atoms with E-state index in [2.05, 4.69) is 4.74 Å². The summed E-state index contributed by atoms with van der Waals surface area (Å²) < 4.78 is 57.7. The molecule has 0 bridgehead atoms. The van der Waals surface area contributed by atoms with Gasteiger partial charge in [-0.2, -0.15) is 13.1 Å². The van der Waals surface area contributed by atoms with Gasteiger partial charge in [0.1, 0.15) is 0 Å². The molecule has 1 aromatic carbocycles. The monoisotopic (exact) mass is 366 g/mol. The van der Waals surface area contributed by atoms with Gasteiger partial charge in [-0.3, -0.25) is 4.79 Å². The lowest BCUT2D eigenvalue weighted by atomic mass is 10.2. The minimum atomic E-state index is -3.47. The molecular weight excluding hydrogens is 346 g/mol. The Kier molecular flexibility index (Phi) is 6.91. The predicted molar refractivity (Wildman–Crippen MR) is 83.6 cm³/mol. The average molecular weight is 366 g/mol. The molecule has 0 radical (unpaired) electrons. The molecule has 0 spiro atoms. The summed E-state index contributed by atoms with van der Waals surface area (Å²) in [6.45, 7) is -3.22. The molecule has 1 rings (SSSR count). The summed E-state index contributed by atoms with van der Waals surface area (Å²) >= 11 is 0. The minimum Gasteiger partial charge on any atom is -0.493 e. The molecule has 0 aliphatic heterocycles. The van der Waals surface area contributed by atoms with Crippen LogP contribution in [0.5, 0.6) is 11.5 Å². The van der Waals surface area contributed by atoms with Gasteiger partial charge in [0, 0.05) is 20.6 Å². The first-order valence-electron chi connectivity index (χ1n) is 6.81. The quantitative estimate of drug-likeness (QED) is 0.690. The number of rotatable bonds is 8. The highest BCUT2D eigenvalue weighted by molar-refractivity contribution is 7.88. The second-order valence-electron chi connectivity index (χ2n) is 5.13. The van der Waals surface area contributed by atoms with Gasteiger partial charge in [0.2, 0.25) is 15.9 Å². The summed E-state index contributed by atoms with van der Waals surface area (Å²) in [5.41, 5.74) is 0.532. The van der Waals surface area contributed by atoms with Crippen molar-refractivity contribution < 1.29 is 31.5 Å². The van der Waals surface area contributed by atoms with E-state index in [9.17, 15) is 22.0 Å². The van der Waals surface area contributed by atoms with Crippen molar-refractivity contribution in [3.05, 3.63) is 23.8 Å². The molecule has 0 N–H and O–H groups in total. The lowest BCUT2D eigenvalue weighted by molar-refractivity contribution is -0.130. The topological polar surface area (TPSA) is 76.2 Å². The zero-order valence-corrected chi connectivity index (χ0v) is 14.6. The van der Waals surface area contributed by atoms with Crippen LogP contribution in [-0.4, -0.2) is 64.1 Å². The van der Waals surface area contributed by atoms with E-state index in [1.54, 1.807) is 6.07 Å². The number of methoxy groups -OCH3 is 1. The maximum absolute atomic E-state index is 12.4. The zero-order valence-electron chi connectivity index (χ0n) is 13.8. The summed E-state index contributed by atoms with van der Waals surface area (Å²) in [5, 5.41) is 0. The van der Waals surface area contributed by atoms with E-state index < -0.39 is 22.5 Å². The summed E-state index contributed by atoms with van der Waals surface area (Å²) in [6, 6.07) is 4.39. The first-order valence-corrected chi connectivity index (χ1v) is 8.66. The van der Waals surface area contributed by atoms with Crippen LogP contribution >= 0.6 is 0 Å². The Labute approximate surface area is 139 Å². The smallest absolute Gasteiger partial charge is 0.387 e. The molecule has 0 aromatic heterocycles. The Bertz CT molecular complexity index is 682. The molecule has 0 heterocycles. The summed E-state index contributed by atoms with van der Waals surface area (Å²) in [6.07, 6.45) is 0.998. The largest absolute Gasteiger partial charge is 0.493 e. The average Bonchev–Trinajstić information content (AvgIpc) is 2.45. The third-order valence-electron chi connectivity index (χ3n) is 3.21. The van der Waals surface area contributed by atoms with E-state index in [1.165, 1.54) is 38.2 Å². The molecule has 0 atom stereocenters. The van der Waals surface area contributed by atoms with Crippen molar-refractivity contribution in [1.82, 2.24) is 9.21 Å². The number of hydrogen-bond donors (Lipinski definition) is 0. The van der Waals surface area contributed by atoms with Crippen molar-refractivity contribution in [3.8, 4) is 11.5 Å². The minimum absolute atomic E-state index is 0.0972. The van der Waals surface area contributed by atoms with Crippen molar-refractivity contribution in [2.45, 2.75) is 13.2 Å². The lowest BCUT2D eigenvalue weighted by Crippen LogP contribution is -2.38. The highest BCUT2D eigenvalue weighted by atomic mass is 32.2. The number of hydrogen-bond acceptors (Lipinski definition) is 5. The van der Waals surface area contributed by atoms with Crippen LogP contribution in [0.3, 0.4) is 0 Å². The second kappa shape index (κ2) is 8.25. The highest BCUT2D eigenvalue weighted by Gasteiger charge is 2.19. The number of carbonyl (C=O) groups is 1. The van der Waals surface area contributed by atoms with Gasteiger partial charge < -0.3 is 14.4 Å². The molecular formula is C14H20F2N2O5S. The van der Waals surface area contributed by atoms with Crippen LogP contribution < -0.4 is 9.47 Å². The number of carbonyl (C=O) groups excluding carboxylic acids is 1. The Morgan fingerprint density at radius 2 is 1.88 bits per heavy atom. The molecule has 7 nitrogen and oxygen atoms in total. The number of benzene rings is 1. The van der Waals surface area contributed by atoms with Crippen molar-refractivity contribution in [3.63, 3.8) is 0 Å². The fraction of sp³-hybridized carbons (Fsp3) is 0.500. The highest BCUT2D eigenvalue weighted by Crippen LogP contribution is 2.29. The van der Waals surface area contributed by atoms with Crippen LogP contribution in [0.1, 0.15) is 5.56 Å². The van der Waals surface area contributed by atoms with Crippen molar-refractivity contribution in [2.24, 2.45) is 0 Å². The molecule has 1 amide bonds. The van der Waals surface area contributed by atoms with Gasteiger partial charge >= 0.3 is 6.61 Å². The number of nitrogens with zero attached hydrogens (tertiary/aromatic N) is 2. The Balaban J connectivity index is 2.82. The molecule has 0 saturated heterocycles. The van der Waals surface area contributed by atoms with Crippen molar-refractivity contribution in [1.29, 1.82) is 0 Å². The fourth-order valence-electron chi connectivity index (χ4n) is 1.80. The fourth-order valence-corrected chi connectivity index (χ4v) is 2.14. The molecule has 0 aliphatic rings. The number of ether oxygens (including phenoxy) is 2. The molecule has 0 aliphatic carbocycles. The second-order valence-corrected chi connectivity index (χ2v) is 7.22. The van der Waals surface area contributed by atoms with Crippen LogP contribution in [0, 0.1) is 0 Å². The van der Waals surface area contributed by atoms with Gasteiger partial charge in [-0.05, 0) is 17.7 Å². The van der Waals surface area contributed by atoms with Gasteiger partial charge in [0.25, 0.3) is 0 Å². The van der Waals surface area contributed by atoms with Crippen LogP contribution in [0.4, 0.5) is 8.78 Å². The number of amides is 1. The molecule has 24 heavy (non-hydrogen) atoms. The molecule has 0 fully saturated rings. The van der Waals surface area contributed by atoms with Crippen molar-refractivity contribution in [2.75, 3.05) is 34.0 Å². The van der Waals surface area contributed by atoms with Crippen LogP contribution in [0.15, 0.2) is 18.2 Å². The van der Waals surface area contributed by atoms with Gasteiger partial charge in [0.15, 0.2) is 11.5 Å². The summed E-state index contributed by atoms with van der Waals surface area (Å²) in [5.74, 6) is -0.431. The van der Waals surface area contributed by atoms with E-state index in [0.717, 1.165) is 10.6 Å². The molecule has 0 saturated carbocycles. The number of alkyl halides is 2. The SMILES string of the molecule is COc1ccc(CN(C)C(=O)CN(C)S(C)(=O)=O)cc1OC(F)F. The molecule has 136 valence electrons. The number of likely N-dealkylation sites (N-methyl/N-ethyl adjacent to an activating group) is 2. The van der Waals surface area contributed by atoms with Gasteiger partial charge in [-0.25, -0.2) is 8.42 Å². The maximum atomic E-state index is 12.4. The third-order valence-corrected chi connectivity index (χ3v) is 4.48. The van der Waals surface area contributed by atoms with Gasteiger partial charge in [-0.1, -0.05) is 6.07 Å². The van der Waals surface area contributed by atoms with Gasteiger partial charge in [-0.15, -0.1) is 0 Å². The molecule has 1 aromatic rings. The third kappa shape index (κ3) is 5.93. The van der Waals surface area contributed by atoms with E-state index in [-0.39, 0.29) is 24.6 Å². The van der Waals surface area contributed by atoms with Crippen molar-refractivity contribution >= 4 is 15.9 Å². The van der Waals surface area contributed by atoms with E-state index in [0.29, 0.717) is 5.56 Å². The van der Waals surface area contributed by atoms with E-state index in [4.69, 9.17) is 4.74 Å². The Hall–Kier alpha value is -1.94. The predicted octanol–water partition coefficient (Wildman–Crippen LogP) is 1.15. The maximum Gasteiger partial charge on any atom is 0.387 e. The lowest BCUT2D eigenvalue weighted by Gasteiger charge is -2.21. The normalized spacial score (nSPS) is 11.7. The molecule has 0 unspecified atom stereocenters. The zero-order chi connectivity index (χ0) is 18.5. The number of sulfonamides is 1. The van der Waals surface area contributed by atoms with E-state index in [1.807, 2.05) is 0 Å². The Morgan fingerprint density at radius 1 is 1.25 bits per heavy atom. The van der Waals surface area contributed by atoms with Crippen LogP contribution in [0.2, 0.25) is 0 Å². The first kappa shape index (κ1) is 20.1. The van der Waals surface area contributed by atoms with Crippen LogP contribution in [0.25, 0.3) is 0 Å². The van der Waals surface area contributed by atoms with E-state index >= 15 is 0 Å². The molecule has 10 heteroatoms. The first-order chi connectivity index (χ1) is 11.0. The van der Waals surface area contributed by atoms with Crippen LogP contribution in [-0.2, 0) is 21.4 Å². The summed E-state index contributed by atoms with van der Waals surface area (Å²) in [4.78, 5) is 13.3.